The van der Waals surface area contributed by atoms with Gasteiger partial charge < -0.3 is 23.7 Å². The van der Waals surface area contributed by atoms with Crippen LogP contribution >= 0.6 is 11.8 Å². The van der Waals surface area contributed by atoms with Crippen molar-refractivity contribution in [2.75, 3.05) is 13.2 Å². The Morgan fingerprint density at radius 2 is 1.10 bits per heavy atom. The molecule has 6 heteroatoms. The van der Waals surface area contributed by atoms with Crippen LogP contribution in [0.15, 0.2) is 126 Å². The number of thioether (sulfide) groups is 1. The van der Waals surface area contributed by atoms with Crippen LogP contribution in [0.1, 0.15) is 16.7 Å². The zero-order chi connectivity index (χ0) is 28.8. The second kappa shape index (κ2) is 16.3. The molecule has 0 radical (unpaired) electrons. The van der Waals surface area contributed by atoms with E-state index < -0.39 is 29.9 Å². The van der Waals surface area contributed by atoms with Crippen molar-refractivity contribution in [1.82, 2.24) is 0 Å². The van der Waals surface area contributed by atoms with Gasteiger partial charge in [-0.1, -0.05) is 127 Å². The Hall–Kier alpha value is -3.41. The fraction of sp³-hybridized carbons (Fsp3) is 0.278. The molecule has 0 aromatic heterocycles. The van der Waals surface area contributed by atoms with Crippen molar-refractivity contribution in [2.24, 2.45) is 0 Å². The van der Waals surface area contributed by atoms with E-state index in [0.29, 0.717) is 26.4 Å². The summed E-state index contributed by atoms with van der Waals surface area (Å²) in [6, 6.07) is 40.5. The lowest BCUT2D eigenvalue weighted by Gasteiger charge is -2.45. The monoisotopic (exact) mass is 580 g/mol. The highest BCUT2D eigenvalue weighted by molar-refractivity contribution is 7.99. The Morgan fingerprint density at radius 3 is 1.64 bits per heavy atom. The first-order valence-corrected chi connectivity index (χ1v) is 15.0. The van der Waals surface area contributed by atoms with E-state index in [0.717, 1.165) is 21.6 Å². The van der Waals surface area contributed by atoms with Gasteiger partial charge in [0, 0.05) is 4.90 Å². The number of benzene rings is 4. The molecule has 0 saturated carbocycles. The van der Waals surface area contributed by atoms with E-state index in [2.05, 4.69) is 30.2 Å². The van der Waals surface area contributed by atoms with E-state index in [-0.39, 0.29) is 6.61 Å². The molecule has 5 nitrogen and oxygen atoms in total. The average Bonchev–Trinajstić information content (AvgIpc) is 3.04. The van der Waals surface area contributed by atoms with Crippen LogP contribution in [0.5, 0.6) is 0 Å². The molecule has 0 bridgehead atoms. The fourth-order valence-corrected chi connectivity index (χ4v) is 6.00. The van der Waals surface area contributed by atoms with Gasteiger partial charge in [0.1, 0.15) is 36.5 Å². The normalized spacial score (nSPS) is 21.9. The molecule has 0 amide bonds. The van der Waals surface area contributed by atoms with Gasteiger partial charge in [-0.2, -0.15) is 0 Å². The average molecular weight is 581 g/mol. The second-order valence-corrected chi connectivity index (χ2v) is 11.1. The standard InChI is InChI=1S/C36H36O5S/c1-2-23-38-35-34(40-26-30-19-11-5-12-20-30)33(39-25-29-17-9-4-10-18-29)32(27-37-24-28-15-7-3-8-16-28)41-36(35)42-31-21-13-6-14-22-31/h1,3-22,32-36H,23-27H2/t32-,33-,34+,35-,36+/m1/s1. The largest absolute Gasteiger partial charge is 0.374 e. The van der Waals surface area contributed by atoms with Gasteiger partial charge in [0.25, 0.3) is 0 Å². The number of hydrogen-bond donors (Lipinski definition) is 0. The molecule has 1 aliphatic heterocycles. The second-order valence-electron chi connectivity index (χ2n) is 9.98. The highest BCUT2D eigenvalue weighted by Crippen LogP contribution is 2.38. The first-order valence-electron chi connectivity index (χ1n) is 14.1. The van der Waals surface area contributed by atoms with Crippen LogP contribution in [0.4, 0.5) is 0 Å². The van der Waals surface area contributed by atoms with Gasteiger partial charge in [-0.25, -0.2) is 0 Å². The summed E-state index contributed by atoms with van der Waals surface area (Å²) in [5, 5.41) is 0. The Balaban J connectivity index is 1.43. The number of hydrogen-bond acceptors (Lipinski definition) is 6. The SMILES string of the molecule is C#CCO[C@@H]1[C@@H](OCc2ccccc2)[C@H](OCc2ccccc2)[C@@H](COCc2ccccc2)O[C@H]1Sc1ccccc1. The van der Waals surface area contributed by atoms with Gasteiger partial charge in [0.15, 0.2) is 0 Å². The molecule has 1 fully saturated rings. The first-order chi connectivity index (χ1) is 20.8. The van der Waals surface area contributed by atoms with Gasteiger partial charge in [0.05, 0.1) is 26.4 Å². The summed E-state index contributed by atoms with van der Waals surface area (Å²) in [6.07, 6.45) is 3.82. The molecule has 0 N–H and O–H groups in total. The Bertz CT molecular complexity index is 1350. The van der Waals surface area contributed by atoms with Gasteiger partial charge in [-0.3, -0.25) is 0 Å². The number of ether oxygens (including phenoxy) is 5. The third-order valence-corrected chi connectivity index (χ3v) is 8.07. The van der Waals surface area contributed by atoms with E-state index in [4.69, 9.17) is 30.1 Å². The van der Waals surface area contributed by atoms with Crippen molar-refractivity contribution in [1.29, 1.82) is 0 Å². The van der Waals surface area contributed by atoms with Gasteiger partial charge >= 0.3 is 0 Å². The minimum absolute atomic E-state index is 0.131. The predicted molar refractivity (Wildman–Crippen MR) is 166 cm³/mol. The van der Waals surface area contributed by atoms with E-state index in [1.165, 1.54) is 0 Å². The Morgan fingerprint density at radius 1 is 0.595 bits per heavy atom. The maximum absolute atomic E-state index is 6.76. The summed E-state index contributed by atoms with van der Waals surface area (Å²) in [5.41, 5.74) is 2.82. The van der Waals surface area contributed by atoms with Crippen molar-refractivity contribution < 1.29 is 23.7 Å². The van der Waals surface area contributed by atoms with Gasteiger partial charge in [0.2, 0.25) is 0 Å². The van der Waals surface area contributed by atoms with Crippen molar-refractivity contribution in [3.8, 4) is 12.3 Å². The van der Waals surface area contributed by atoms with Gasteiger partial charge in [-0.15, -0.1) is 6.42 Å². The lowest BCUT2D eigenvalue weighted by Crippen LogP contribution is -2.60. The van der Waals surface area contributed by atoms with E-state index in [9.17, 15) is 0 Å². The highest BCUT2D eigenvalue weighted by Gasteiger charge is 2.48. The fourth-order valence-electron chi connectivity index (χ4n) is 4.85. The molecule has 1 saturated heterocycles. The van der Waals surface area contributed by atoms with E-state index in [1.54, 1.807) is 11.8 Å². The molecular weight excluding hydrogens is 544 g/mol. The molecular formula is C36H36O5S. The zero-order valence-corrected chi connectivity index (χ0v) is 24.3. The molecule has 1 aliphatic rings. The summed E-state index contributed by atoms with van der Waals surface area (Å²) < 4.78 is 32.6. The Kier molecular flexibility index (Phi) is 11.7. The van der Waals surface area contributed by atoms with Gasteiger partial charge in [-0.05, 0) is 28.8 Å². The third kappa shape index (κ3) is 8.80. The third-order valence-electron chi connectivity index (χ3n) is 6.91. The highest BCUT2D eigenvalue weighted by atomic mass is 32.2. The maximum atomic E-state index is 6.76. The van der Waals surface area contributed by atoms with Crippen LogP contribution < -0.4 is 0 Å². The summed E-state index contributed by atoms with van der Waals surface area (Å²) >= 11 is 1.59. The molecule has 1 heterocycles. The maximum Gasteiger partial charge on any atom is 0.137 e. The molecule has 42 heavy (non-hydrogen) atoms. The van der Waals surface area contributed by atoms with Crippen LogP contribution in [0, 0.1) is 12.3 Å². The molecule has 216 valence electrons. The molecule has 5 atom stereocenters. The van der Waals surface area contributed by atoms with Crippen molar-refractivity contribution in [2.45, 2.75) is 54.6 Å². The molecule has 0 unspecified atom stereocenters. The molecule has 5 rings (SSSR count). The number of terminal acetylenes is 1. The van der Waals surface area contributed by atoms with E-state index >= 15 is 0 Å². The first kappa shape index (κ1) is 30.1. The lowest BCUT2D eigenvalue weighted by molar-refractivity contribution is -0.250. The summed E-state index contributed by atoms with van der Waals surface area (Å²) in [6.45, 7) is 1.72. The minimum atomic E-state index is -0.485. The smallest absolute Gasteiger partial charge is 0.137 e. The zero-order valence-electron chi connectivity index (χ0n) is 23.5. The topological polar surface area (TPSA) is 46.2 Å². The summed E-state index contributed by atoms with van der Waals surface area (Å²) in [4.78, 5) is 1.06. The van der Waals surface area contributed by atoms with Crippen LogP contribution in [0.2, 0.25) is 0 Å². The van der Waals surface area contributed by atoms with Crippen molar-refractivity contribution in [3.63, 3.8) is 0 Å². The van der Waals surface area contributed by atoms with Crippen LogP contribution in [0.25, 0.3) is 0 Å². The van der Waals surface area contributed by atoms with Crippen LogP contribution in [-0.2, 0) is 43.5 Å². The lowest BCUT2D eigenvalue weighted by atomic mass is 9.99. The molecule has 0 aliphatic carbocycles. The van der Waals surface area contributed by atoms with Crippen molar-refractivity contribution in [3.05, 3.63) is 138 Å². The van der Waals surface area contributed by atoms with Crippen molar-refractivity contribution >= 4 is 11.8 Å². The predicted octanol–water partition coefficient (Wildman–Crippen LogP) is 6.91. The number of rotatable bonds is 14. The summed E-state index contributed by atoms with van der Waals surface area (Å²) in [7, 11) is 0. The molecule has 0 spiro atoms. The molecule has 4 aromatic rings. The molecule has 4 aromatic carbocycles. The van der Waals surface area contributed by atoms with Crippen LogP contribution in [0.3, 0.4) is 0 Å². The van der Waals surface area contributed by atoms with E-state index in [1.807, 2.05) is 97.1 Å². The Labute approximate surface area is 253 Å². The quantitative estimate of drug-likeness (QED) is 0.151. The van der Waals surface area contributed by atoms with Crippen LogP contribution in [-0.4, -0.2) is 43.1 Å². The summed E-state index contributed by atoms with van der Waals surface area (Å²) in [5.74, 6) is 2.62. The minimum Gasteiger partial charge on any atom is -0.374 e.